The quantitative estimate of drug-likeness (QED) is 0.119. The van der Waals surface area contributed by atoms with E-state index in [1.807, 2.05) is 19.1 Å². The van der Waals surface area contributed by atoms with Crippen molar-refractivity contribution < 1.29 is 58.4 Å². The second-order valence-corrected chi connectivity index (χ2v) is 13.1. The highest BCUT2D eigenvalue weighted by molar-refractivity contribution is 5.90. The molecule has 7 rings (SSSR count). The number of fused-ring (bicyclic) bond motifs is 5. The number of methoxy groups -OCH3 is 1. The number of aromatic nitrogens is 2. The normalized spacial score (nSPS) is 24.1. The van der Waals surface area contributed by atoms with Gasteiger partial charge in [0.25, 0.3) is 5.56 Å². The summed E-state index contributed by atoms with van der Waals surface area (Å²) in [5, 5.41) is 43.0. The molecule has 282 valence electrons. The number of hydrogen-bond donors (Lipinski definition) is 4. The molecular weight excluding hydrogens is 704 g/mol. The predicted molar refractivity (Wildman–Crippen MR) is 188 cm³/mol. The molecule has 15 nitrogen and oxygen atoms in total. The number of esters is 2. The third kappa shape index (κ3) is 6.11. The summed E-state index contributed by atoms with van der Waals surface area (Å²) < 4.78 is 34.6. The minimum absolute atomic E-state index is 0.0386. The minimum Gasteiger partial charge on any atom is -0.489 e. The largest absolute Gasteiger partial charge is 0.489 e. The van der Waals surface area contributed by atoms with Gasteiger partial charge in [-0.05, 0) is 54.8 Å². The number of nitrogens with zero attached hydrogens (tertiary/aromatic N) is 2. The zero-order valence-corrected chi connectivity index (χ0v) is 29.6. The Morgan fingerprint density at radius 2 is 1.81 bits per heavy atom. The third-order valence-electron chi connectivity index (χ3n) is 10.1. The van der Waals surface area contributed by atoms with E-state index in [4.69, 9.17) is 35.1 Å². The predicted octanol–water partition coefficient (Wildman–Crippen LogP) is 1.59. The fraction of sp³-hybridized carbons (Fsp3) is 0.385. The maximum absolute atomic E-state index is 13.7. The molecule has 0 amide bonds. The van der Waals surface area contributed by atoms with Gasteiger partial charge in [0.05, 0.1) is 36.1 Å². The van der Waals surface area contributed by atoms with E-state index in [0.29, 0.717) is 40.4 Å². The fourth-order valence-corrected chi connectivity index (χ4v) is 7.17. The van der Waals surface area contributed by atoms with E-state index in [1.165, 1.54) is 6.07 Å². The Hall–Kier alpha value is -5.50. The maximum Gasteiger partial charge on any atom is 0.343 e. The first-order valence-electron chi connectivity index (χ1n) is 17.3. The topological polar surface area (TPSA) is 205 Å². The minimum atomic E-state index is -1.92. The molecule has 6 atom stereocenters. The molecule has 0 unspecified atom stereocenters. The highest BCUT2D eigenvalue weighted by Crippen LogP contribution is 2.41. The molecule has 0 bridgehead atoms. The summed E-state index contributed by atoms with van der Waals surface area (Å²) in [6, 6.07) is 11.8. The van der Waals surface area contributed by atoms with Crippen molar-refractivity contribution in [2.24, 2.45) is 0 Å². The van der Waals surface area contributed by atoms with Crippen LogP contribution in [-0.2, 0) is 55.6 Å². The lowest BCUT2D eigenvalue weighted by atomic mass is 9.86. The molecular formula is C39H38N2O13. The molecule has 3 aliphatic rings. The molecule has 1 fully saturated rings. The molecule has 3 aliphatic heterocycles. The van der Waals surface area contributed by atoms with Crippen LogP contribution in [0.25, 0.3) is 22.3 Å². The van der Waals surface area contributed by atoms with Gasteiger partial charge in [0, 0.05) is 28.1 Å². The number of pyridine rings is 2. The molecule has 15 heteroatoms. The lowest BCUT2D eigenvalue weighted by Gasteiger charge is -2.38. The molecule has 1 saturated heterocycles. The molecule has 2 aromatic carbocycles. The number of benzene rings is 2. The van der Waals surface area contributed by atoms with E-state index in [9.17, 15) is 34.8 Å². The standard InChI is InChI=1S/C39H38N2O13/c1-5-12-50-29-14-21(53-37-33(44)31(42)32(43)34(54-37)36(46)49-4)9-8-19(29)17-51-20-10-11-27-23(13-20)22(6-2)24-16-41-28(30(24)40-27)15-26-25(35(41)45)18-52-38(47)39(26,48)7-3/h1,8-11,13-15,31-34,37,42-44,48H,6-7,12,16-18H2,2-4H3/t31-,32-,33+,34-,37+,39-/m0/s1. The molecule has 4 N–H and O–H groups in total. The molecule has 54 heavy (non-hydrogen) atoms. The van der Waals surface area contributed by atoms with Gasteiger partial charge in [0.2, 0.25) is 6.29 Å². The third-order valence-corrected chi connectivity index (χ3v) is 10.1. The number of aliphatic hydroxyl groups excluding tert-OH is 3. The first kappa shape index (κ1) is 36.8. The molecule has 0 saturated carbocycles. The van der Waals surface area contributed by atoms with Crippen LogP contribution in [0, 0.1) is 12.3 Å². The van der Waals surface area contributed by atoms with Crippen LogP contribution in [0.15, 0.2) is 47.3 Å². The summed E-state index contributed by atoms with van der Waals surface area (Å²) in [7, 11) is 1.09. The summed E-state index contributed by atoms with van der Waals surface area (Å²) in [5.74, 6) is 1.63. The number of aliphatic hydroxyl groups is 4. The van der Waals surface area contributed by atoms with Gasteiger partial charge in [-0.1, -0.05) is 19.8 Å². The van der Waals surface area contributed by atoms with Crippen LogP contribution in [0.5, 0.6) is 17.2 Å². The summed E-state index contributed by atoms with van der Waals surface area (Å²) in [5.41, 5.74) is 2.48. The lowest BCUT2D eigenvalue weighted by Crippen LogP contribution is -2.61. The summed E-state index contributed by atoms with van der Waals surface area (Å²) in [4.78, 5) is 43.3. The van der Waals surface area contributed by atoms with Gasteiger partial charge in [-0.15, -0.1) is 6.42 Å². The first-order chi connectivity index (χ1) is 25.9. The van der Waals surface area contributed by atoms with Gasteiger partial charge >= 0.3 is 11.9 Å². The average molecular weight is 743 g/mol. The number of rotatable bonds is 10. The van der Waals surface area contributed by atoms with Crippen LogP contribution in [-0.4, -0.2) is 86.3 Å². The maximum atomic E-state index is 13.7. The van der Waals surface area contributed by atoms with E-state index in [2.05, 4.69) is 10.7 Å². The van der Waals surface area contributed by atoms with Gasteiger partial charge < -0.3 is 53.4 Å². The Labute approximate surface area is 308 Å². The number of ether oxygens (including phenoxy) is 6. The zero-order chi connectivity index (χ0) is 38.5. The van der Waals surface area contributed by atoms with Gasteiger partial charge in [-0.25, -0.2) is 14.6 Å². The second-order valence-electron chi connectivity index (χ2n) is 13.1. The second kappa shape index (κ2) is 14.4. The molecule has 2 aromatic heterocycles. The van der Waals surface area contributed by atoms with Crippen LogP contribution in [0.1, 0.15) is 48.1 Å². The van der Waals surface area contributed by atoms with Crippen LogP contribution >= 0.6 is 0 Å². The SMILES string of the molecule is C#CCOc1cc(O[C@@H]2O[C@H](C(=O)OC)[C@@H](O)[C@H](O)[C@H]2O)ccc1COc1ccc2nc3c(c(CC)c2c1)Cn1c-3cc2c(c1=O)COC(=O)[C@]2(O)CC. The highest BCUT2D eigenvalue weighted by Gasteiger charge is 2.49. The average Bonchev–Trinajstić information content (AvgIpc) is 3.55. The molecule has 0 aliphatic carbocycles. The van der Waals surface area contributed by atoms with Gasteiger partial charge in [0.1, 0.15) is 55.4 Å². The van der Waals surface area contributed by atoms with Crippen molar-refractivity contribution in [3.8, 4) is 41.0 Å². The molecule has 4 aromatic rings. The van der Waals surface area contributed by atoms with Crippen molar-refractivity contribution in [3.63, 3.8) is 0 Å². The monoisotopic (exact) mass is 742 g/mol. The number of carbonyl (C=O) groups is 2. The van der Waals surface area contributed by atoms with E-state index < -0.39 is 48.2 Å². The van der Waals surface area contributed by atoms with Crippen molar-refractivity contribution in [1.29, 1.82) is 0 Å². The Morgan fingerprint density at radius 3 is 2.54 bits per heavy atom. The van der Waals surface area contributed by atoms with E-state index in [-0.39, 0.29) is 55.2 Å². The van der Waals surface area contributed by atoms with Crippen molar-refractivity contribution in [2.45, 2.75) is 82.8 Å². The Bertz CT molecular complexity index is 2260. The number of aryl methyl sites for hydroxylation is 1. The molecule has 0 spiro atoms. The van der Waals surface area contributed by atoms with Crippen LogP contribution in [0.3, 0.4) is 0 Å². The fourth-order valence-electron chi connectivity index (χ4n) is 7.17. The van der Waals surface area contributed by atoms with Gasteiger partial charge in [0.15, 0.2) is 11.7 Å². The Kier molecular flexibility index (Phi) is 9.81. The summed E-state index contributed by atoms with van der Waals surface area (Å²) >= 11 is 0. The Morgan fingerprint density at radius 1 is 1.04 bits per heavy atom. The van der Waals surface area contributed by atoms with Crippen LogP contribution in [0.2, 0.25) is 0 Å². The number of hydrogen-bond acceptors (Lipinski definition) is 14. The summed E-state index contributed by atoms with van der Waals surface area (Å²) in [6.45, 7) is 3.68. The Balaban J connectivity index is 1.15. The zero-order valence-electron chi connectivity index (χ0n) is 29.6. The van der Waals surface area contributed by atoms with Crippen LogP contribution < -0.4 is 19.8 Å². The molecule has 5 heterocycles. The smallest absolute Gasteiger partial charge is 0.343 e. The van der Waals surface area contributed by atoms with Crippen molar-refractivity contribution in [3.05, 3.63) is 80.6 Å². The summed E-state index contributed by atoms with van der Waals surface area (Å²) in [6.07, 6.45) is -2.20. The van der Waals surface area contributed by atoms with E-state index in [0.717, 1.165) is 23.6 Å². The lowest BCUT2D eigenvalue weighted by molar-refractivity contribution is -0.271. The molecule has 0 radical (unpaired) electrons. The van der Waals surface area contributed by atoms with Crippen molar-refractivity contribution >= 4 is 22.8 Å². The van der Waals surface area contributed by atoms with Crippen LogP contribution in [0.4, 0.5) is 0 Å². The highest BCUT2D eigenvalue weighted by atomic mass is 16.7. The van der Waals surface area contributed by atoms with Gasteiger partial charge in [-0.3, -0.25) is 4.79 Å². The first-order valence-corrected chi connectivity index (χ1v) is 17.3. The van der Waals surface area contributed by atoms with Crippen molar-refractivity contribution in [1.82, 2.24) is 9.55 Å². The number of terminal acetylenes is 1. The number of carbonyl (C=O) groups excluding carboxylic acids is 2. The van der Waals surface area contributed by atoms with E-state index >= 15 is 0 Å². The number of cyclic esters (lactones) is 1. The van der Waals surface area contributed by atoms with E-state index in [1.54, 1.807) is 35.8 Å². The van der Waals surface area contributed by atoms with Gasteiger partial charge in [-0.2, -0.15) is 0 Å². The van der Waals surface area contributed by atoms with Crippen molar-refractivity contribution in [2.75, 3.05) is 13.7 Å².